The van der Waals surface area contributed by atoms with E-state index in [0.29, 0.717) is 22.1 Å². The van der Waals surface area contributed by atoms with E-state index < -0.39 is 23.5 Å². The highest BCUT2D eigenvalue weighted by atomic mass is 16.5. The lowest BCUT2D eigenvalue weighted by atomic mass is 10.1. The van der Waals surface area contributed by atoms with Crippen LogP contribution in [0.4, 0.5) is 11.4 Å². The summed E-state index contributed by atoms with van der Waals surface area (Å²) in [6, 6.07) is 12.9. The molecule has 1 heterocycles. The van der Waals surface area contributed by atoms with Crippen molar-refractivity contribution in [1.29, 1.82) is 0 Å². The van der Waals surface area contributed by atoms with Crippen LogP contribution in [0.25, 0.3) is 10.8 Å². The molecule has 0 aliphatic rings. The maximum Gasteiger partial charge on any atom is 0.360 e. The first-order valence-corrected chi connectivity index (χ1v) is 8.72. The summed E-state index contributed by atoms with van der Waals surface area (Å²) in [7, 11) is 0. The zero-order valence-electron chi connectivity index (χ0n) is 15.7. The Bertz CT molecular complexity index is 1140. The molecule has 0 spiro atoms. The molecule has 1 aromatic heterocycles. The Balaban J connectivity index is 1.68. The fraction of sp³-hybridized carbons (Fsp3) is 0.150. The van der Waals surface area contributed by atoms with Gasteiger partial charge in [-0.15, -0.1) is 0 Å². The van der Waals surface area contributed by atoms with E-state index in [2.05, 4.69) is 20.8 Å². The van der Waals surface area contributed by atoms with Crippen molar-refractivity contribution in [2.75, 3.05) is 10.6 Å². The molecule has 9 nitrogen and oxygen atoms in total. The van der Waals surface area contributed by atoms with Gasteiger partial charge in [-0.25, -0.2) is 9.89 Å². The zero-order valence-corrected chi connectivity index (χ0v) is 15.7. The molecule has 29 heavy (non-hydrogen) atoms. The number of carbonyl (C=O) groups excluding carboxylic acids is 3. The molecule has 3 rings (SSSR count). The van der Waals surface area contributed by atoms with E-state index in [9.17, 15) is 19.2 Å². The van der Waals surface area contributed by atoms with Gasteiger partial charge in [0.1, 0.15) is 0 Å². The number of esters is 1. The molecular formula is C20H18N4O5. The smallest absolute Gasteiger partial charge is 0.360 e. The average Bonchev–Trinajstić information content (AvgIpc) is 2.69. The summed E-state index contributed by atoms with van der Waals surface area (Å²) in [5.74, 6) is -1.58. The minimum Gasteiger partial charge on any atom is -0.448 e. The van der Waals surface area contributed by atoms with Gasteiger partial charge < -0.3 is 15.4 Å². The number of nitrogens with zero attached hydrogens (tertiary/aromatic N) is 1. The van der Waals surface area contributed by atoms with Crippen LogP contribution in [0.3, 0.4) is 0 Å². The van der Waals surface area contributed by atoms with Gasteiger partial charge in [0, 0.05) is 23.7 Å². The molecule has 148 valence electrons. The maximum atomic E-state index is 12.5. The summed E-state index contributed by atoms with van der Waals surface area (Å²) in [6.07, 6.45) is -1.11. The van der Waals surface area contributed by atoms with Gasteiger partial charge in [-0.05, 0) is 37.3 Å². The number of carbonyl (C=O) groups is 3. The highest BCUT2D eigenvalue weighted by molar-refractivity contribution is 6.03. The molecule has 0 radical (unpaired) electrons. The summed E-state index contributed by atoms with van der Waals surface area (Å²) >= 11 is 0. The number of fused-ring (bicyclic) bond motifs is 1. The van der Waals surface area contributed by atoms with Crippen molar-refractivity contribution in [2.45, 2.75) is 20.0 Å². The number of hydrogen-bond acceptors (Lipinski definition) is 6. The lowest BCUT2D eigenvalue weighted by molar-refractivity contribution is -0.123. The number of anilines is 2. The second-order valence-electron chi connectivity index (χ2n) is 6.24. The highest BCUT2D eigenvalue weighted by Crippen LogP contribution is 2.16. The van der Waals surface area contributed by atoms with Crippen LogP contribution in [0.2, 0.25) is 0 Å². The van der Waals surface area contributed by atoms with Crippen LogP contribution in [-0.2, 0) is 14.3 Å². The summed E-state index contributed by atoms with van der Waals surface area (Å²) in [5, 5.41) is 11.9. The largest absolute Gasteiger partial charge is 0.448 e. The number of rotatable bonds is 5. The van der Waals surface area contributed by atoms with Crippen molar-refractivity contribution < 1.29 is 19.1 Å². The van der Waals surface area contributed by atoms with E-state index in [0.717, 1.165) is 0 Å². The fourth-order valence-corrected chi connectivity index (χ4v) is 2.62. The van der Waals surface area contributed by atoms with Crippen molar-refractivity contribution in [3.63, 3.8) is 0 Å². The zero-order chi connectivity index (χ0) is 21.0. The third-order valence-electron chi connectivity index (χ3n) is 4.02. The number of aromatic amines is 1. The monoisotopic (exact) mass is 394 g/mol. The normalized spacial score (nSPS) is 11.5. The molecule has 0 aliphatic carbocycles. The van der Waals surface area contributed by atoms with Gasteiger partial charge in [0.15, 0.2) is 11.8 Å². The second kappa shape index (κ2) is 8.34. The third kappa shape index (κ3) is 4.64. The molecule has 0 fully saturated rings. The van der Waals surface area contributed by atoms with Crippen LogP contribution in [-0.4, -0.2) is 34.1 Å². The van der Waals surface area contributed by atoms with E-state index >= 15 is 0 Å². The molecule has 9 heteroatoms. The van der Waals surface area contributed by atoms with Crippen LogP contribution in [0, 0.1) is 0 Å². The molecule has 0 saturated heterocycles. The summed E-state index contributed by atoms with van der Waals surface area (Å²) < 4.78 is 5.20. The Morgan fingerprint density at radius 2 is 1.55 bits per heavy atom. The van der Waals surface area contributed by atoms with Crippen molar-refractivity contribution in [1.82, 2.24) is 10.2 Å². The van der Waals surface area contributed by atoms with Gasteiger partial charge in [0.2, 0.25) is 5.91 Å². The molecule has 2 aromatic carbocycles. The first kappa shape index (κ1) is 19.7. The molecule has 0 aliphatic heterocycles. The van der Waals surface area contributed by atoms with E-state index in [1.165, 1.54) is 13.8 Å². The molecule has 1 atom stereocenters. The quantitative estimate of drug-likeness (QED) is 0.568. The summed E-state index contributed by atoms with van der Waals surface area (Å²) in [5.41, 5.74) is 0.552. The minimum atomic E-state index is -1.11. The predicted octanol–water partition coefficient (Wildman–Crippen LogP) is 2.07. The van der Waals surface area contributed by atoms with Gasteiger partial charge in [-0.3, -0.25) is 14.4 Å². The molecule has 3 aromatic rings. The van der Waals surface area contributed by atoms with Crippen molar-refractivity contribution in [3.05, 3.63) is 64.6 Å². The molecule has 0 unspecified atom stereocenters. The van der Waals surface area contributed by atoms with Crippen LogP contribution in [0.1, 0.15) is 24.3 Å². The van der Waals surface area contributed by atoms with Crippen LogP contribution < -0.4 is 16.2 Å². The minimum absolute atomic E-state index is 0.0838. The first-order valence-electron chi connectivity index (χ1n) is 8.72. The highest BCUT2D eigenvalue weighted by Gasteiger charge is 2.22. The van der Waals surface area contributed by atoms with E-state index in [1.807, 2.05) is 0 Å². The molecule has 0 saturated carbocycles. The third-order valence-corrected chi connectivity index (χ3v) is 4.02. The lowest BCUT2D eigenvalue weighted by Crippen LogP contribution is -2.30. The number of amides is 2. The number of H-pyrrole nitrogens is 1. The second-order valence-corrected chi connectivity index (χ2v) is 6.24. The van der Waals surface area contributed by atoms with Crippen molar-refractivity contribution in [2.24, 2.45) is 0 Å². The summed E-state index contributed by atoms with van der Waals surface area (Å²) in [4.78, 5) is 47.6. The molecule has 2 amide bonds. The standard InChI is InChI=1S/C20H18N4O5/c1-11(18(26)22-14-9-7-13(8-10-14)21-12(2)25)29-20(28)17-15-5-3-4-6-16(15)19(27)24-23-17/h3-11H,1-2H3,(H,21,25)(H,22,26)(H,24,27)/t11-/m1/s1. The van der Waals surface area contributed by atoms with Gasteiger partial charge in [-0.2, -0.15) is 5.10 Å². The van der Waals surface area contributed by atoms with E-state index in [-0.39, 0.29) is 11.6 Å². The van der Waals surface area contributed by atoms with Gasteiger partial charge in [0.25, 0.3) is 11.5 Å². The number of nitrogens with one attached hydrogen (secondary N) is 3. The molecular weight excluding hydrogens is 376 g/mol. The Morgan fingerprint density at radius 3 is 2.17 bits per heavy atom. The number of benzene rings is 2. The van der Waals surface area contributed by atoms with Crippen LogP contribution in [0.15, 0.2) is 53.3 Å². The average molecular weight is 394 g/mol. The van der Waals surface area contributed by atoms with E-state index in [4.69, 9.17) is 4.74 Å². The number of aromatic nitrogens is 2. The topological polar surface area (TPSA) is 130 Å². The predicted molar refractivity (Wildman–Crippen MR) is 107 cm³/mol. The van der Waals surface area contributed by atoms with Crippen LogP contribution >= 0.6 is 0 Å². The van der Waals surface area contributed by atoms with Crippen molar-refractivity contribution in [3.8, 4) is 0 Å². The number of ether oxygens (including phenoxy) is 1. The maximum absolute atomic E-state index is 12.5. The van der Waals surface area contributed by atoms with E-state index in [1.54, 1.807) is 48.5 Å². The molecule has 3 N–H and O–H groups in total. The van der Waals surface area contributed by atoms with Crippen LogP contribution in [0.5, 0.6) is 0 Å². The van der Waals surface area contributed by atoms with Gasteiger partial charge >= 0.3 is 5.97 Å². The Labute approximate surface area is 165 Å². The summed E-state index contributed by atoms with van der Waals surface area (Å²) in [6.45, 7) is 2.82. The Morgan fingerprint density at radius 1 is 0.966 bits per heavy atom. The Hall–Kier alpha value is -4.01. The SMILES string of the molecule is CC(=O)Nc1ccc(NC(=O)[C@@H](C)OC(=O)c2n[nH]c(=O)c3ccccc23)cc1. The Kier molecular flexibility index (Phi) is 5.68. The first-order chi connectivity index (χ1) is 13.8. The number of hydrogen-bond donors (Lipinski definition) is 3. The molecule has 0 bridgehead atoms. The fourth-order valence-electron chi connectivity index (χ4n) is 2.62. The lowest BCUT2D eigenvalue weighted by Gasteiger charge is -2.14. The van der Waals surface area contributed by atoms with Gasteiger partial charge in [0.05, 0.1) is 5.39 Å². The van der Waals surface area contributed by atoms with Gasteiger partial charge in [-0.1, -0.05) is 18.2 Å². The van der Waals surface area contributed by atoms with Crippen molar-refractivity contribution >= 4 is 39.9 Å².